The minimum Gasteiger partial charge on any atom is -0.303 e. The summed E-state index contributed by atoms with van der Waals surface area (Å²) in [5, 5.41) is 4.78. The molecule has 1 heterocycles. The van der Waals surface area contributed by atoms with E-state index in [1.807, 2.05) is 18.2 Å². The van der Waals surface area contributed by atoms with Crippen LogP contribution in [-0.2, 0) is 9.84 Å². The van der Waals surface area contributed by atoms with Gasteiger partial charge in [0.25, 0.3) is 0 Å². The van der Waals surface area contributed by atoms with Crippen LogP contribution in [0.25, 0.3) is 0 Å². The van der Waals surface area contributed by atoms with Crippen LogP contribution in [0.3, 0.4) is 0 Å². The van der Waals surface area contributed by atoms with Crippen molar-refractivity contribution in [2.45, 2.75) is 38.3 Å². The smallest absolute Gasteiger partial charge is 0.173 e. The van der Waals surface area contributed by atoms with E-state index in [2.05, 4.69) is 24.4 Å². The normalized spacial score (nSPS) is 22.5. The van der Waals surface area contributed by atoms with Crippen molar-refractivity contribution in [3.05, 3.63) is 47.4 Å². The molecule has 0 aliphatic carbocycles. The molecule has 1 aromatic carbocycles. The fraction of sp³-hybridized carbons (Fsp3) is 0.467. The number of hydrogen-bond acceptors (Lipinski definition) is 3. The second kappa shape index (κ2) is 6.35. The van der Waals surface area contributed by atoms with Crippen LogP contribution in [0.4, 0.5) is 0 Å². The average molecular weight is 279 g/mol. The molecule has 1 aliphatic rings. The summed E-state index contributed by atoms with van der Waals surface area (Å²) in [4.78, 5) is 0. The Hall–Kier alpha value is -1.13. The van der Waals surface area contributed by atoms with Crippen molar-refractivity contribution in [3.63, 3.8) is 0 Å². The molecule has 2 unspecified atom stereocenters. The van der Waals surface area contributed by atoms with E-state index in [9.17, 15) is 8.42 Å². The maximum Gasteiger partial charge on any atom is 0.173 e. The zero-order valence-electron chi connectivity index (χ0n) is 11.2. The molecule has 0 radical (unpaired) electrons. The lowest BCUT2D eigenvalue weighted by atomic mass is 10.0. The number of rotatable bonds is 6. The van der Waals surface area contributed by atoms with Gasteiger partial charge in [-0.25, -0.2) is 8.42 Å². The van der Waals surface area contributed by atoms with Crippen LogP contribution in [-0.4, -0.2) is 20.2 Å². The first-order valence-electron chi connectivity index (χ1n) is 6.82. The molecule has 0 fully saturated rings. The van der Waals surface area contributed by atoms with Gasteiger partial charge in [-0.3, -0.25) is 0 Å². The Morgan fingerprint density at radius 1 is 1.32 bits per heavy atom. The molecule has 0 aromatic heterocycles. The van der Waals surface area contributed by atoms with Crippen LogP contribution in [0.15, 0.2) is 41.8 Å². The van der Waals surface area contributed by atoms with Crippen LogP contribution >= 0.6 is 0 Å². The van der Waals surface area contributed by atoms with Crippen LogP contribution < -0.4 is 5.32 Å². The van der Waals surface area contributed by atoms with Crippen LogP contribution in [0.1, 0.15) is 37.8 Å². The molecule has 19 heavy (non-hydrogen) atoms. The molecule has 0 saturated heterocycles. The van der Waals surface area contributed by atoms with Crippen LogP contribution in [0, 0.1) is 0 Å². The molecule has 1 N–H and O–H groups in total. The van der Waals surface area contributed by atoms with Gasteiger partial charge >= 0.3 is 0 Å². The lowest BCUT2D eigenvalue weighted by Crippen LogP contribution is -2.33. The SMILES string of the molecule is CCCCC(NC1C=CS(=O)(=O)C1)c1ccccc1. The molecule has 104 valence electrons. The van der Waals surface area contributed by atoms with E-state index in [-0.39, 0.29) is 17.8 Å². The Balaban J connectivity index is 2.05. The summed E-state index contributed by atoms with van der Waals surface area (Å²) >= 11 is 0. The minimum atomic E-state index is -2.99. The highest BCUT2D eigenvalue weighted by Crippen LogP contribution is 2.21. The van der Waals surface area contributed by atoms with Gasteiger partial charge in [0.05, 0.1) is 5.75 Å². The van der Waals surface area contributed by atoms with Crippen molar-refractivity contribution in [1.82, 2.24) is 5.32 Å². The van der Waals surface area contributed by atoms with E-state index in [0.29, 0.717) is 0 Å². The van der Waals surface area contributed by atoms with Gasteiger partial charge in [-0.1, -0.05) is 56.2 Å². The van der Waals surface area contributed by atoms with Crippen molar-refractivity contribution >= 4 is 9.84 Å². The summed E-state index contributed by atoms with van der Waals surface area (Å²) in [7, 11) is -2.99. The topological polar surface area (TPSA) is 46.2 Å². The van der Waals surface area contributed by atoms with Crippen LogP contribution in [0.2, 0.25) is 0 Å². The number of hydrogen-bond donors (Lipinski definition) is 1. The molecular formula is C15H21NO2S. The fourth-order valence-electron chi connectivity index (χ4n) is 2.38. The molecule has 1 aromatic rings. The zero-order chi connectivity index (χ0) is 13.7. The van der Waals surface area contributed by atoms with Gasteiger partial charge in [0, 0.05) is 17.5 Å². The molecule has 0 spiro atoms. The van der Waals surface area contributed by atoms with Crippen molar-refractivity contribution in [3.8, 4) is 0 Å². The third kappa shape index (κ3) is 4.18. The Labute approximate surface area is 115 Å². The molecule has 2 atom stereocenters. The molecule has 0 bridgehead atoms. The third-order valence-corrected chi connectivity index (χ3v) is 4.79. The molecule has 4 heteroatoms. The largest absolute Gasteiger partial charge is 0.303 e. The predicted molar refractivity (Wildman–Crippen MR) is 78.6 cm³/mol. The summed E-state index contributed by atoms with van der Waals surface area (Å²) in [5.41, 5.74) is 1.23. The monoisotopic (exact) mass is 279 g/mol. The molecule has 2 rings (SSSR count). The maximum atomic E-state index is 11.4. The van der Waals surface area contributed by atoms with Gasteiger partial charge in [-0.05, 0) is 12.0 Å². The van der Waals surface area contributed by atoms with Gasteiger partial charge < -0.3 is 5.32 Å². The zero-order valence-corrected chi connectivity index (χ0v) is 12.1. The highest BCUT2D eigenvalue weighted by molar-refractivity contribution is 7.94. The van der Waals surface area contributed by atoms with Crippen molar-refractivity contribution in [2.75, 3.05) is 5.75 Å². The quantitative estimate of drug-likeness (QED) is 0.871. The standard InChI is InChI=1S/C15H21NO2S/c1-2-3-9-15(13-7-5-4-6-8-13)16-14-10-11-19(17,18)12-14/h4-8,10-11,14-16H,2-3,9,12H2,1H3. The second-order valence-corrected chi connectivity index (χ2v) is 6.97. The molecule has 1 aliphatic heterocycles. The van der Waals surface area contributed by atoms with E-state index < -0.39 is 9.84 Å². The minimum absolute atomic E-state index is 0.0629. The van der Waals surface area contributed by atoms with Gasteiger partial charge in [0.15, 0.2) is 9.84 Å². The summed E-state index contributed by atoms with van der Waals surface area (Å²) in [6.07, 6.45) is 5.07. The second-order valence-electron chi connectivity index (χ2n) is 5.04. The lowest BCUT2D eigenvalue weighted by Gasteiger charge is -2.22. The summed E-state index contributed by atoms with van der Waals surface area (Å²) in [6, 6.07) is 10.4. The third-order valence-electron chi connectivity index (χ3n) is 3.39. The maximum absolute atomic E-state index is 11.4. The van der Waals surface area contributed by atoms with E-state index in [0.717, 1.165) is 19.3 Å². The van der Waals surface area contributed by atoms with Crippen molar-refractivity contribution < 1.29 is 8.42 Å². The Bertz CT molecular complexity index is 522. The van der Waals surface area contributed by atoms with E-state index in [1.54, 1.807) is 6.08 Å². The number of sulfone groups is 1. The Morgan fingerprint density at radius 3 is 2.63 bits per heavy atom. The number of nitrogens with one attached hydrogen (secondary N) is 1. The first-order valence-corrected chi connectivity index (χ1v) is 8.54. The fourth-order valence-corrected chi connectivity index (χ4v) is 3.63. The van der Waals surface area contributed by atoms with Gasteiger partial charge in [0.2, 0.25) is 0 Å². The molecule has 0 amide bonds. The lowest BCUT2D eigenvalue weighted by molar-refractivity contribution is 0.460. The summed E-state index contributed by atoms with van der Waals surface area (Å²) in [5.74, 6) is 0.183. The summed E-state index contributed by atoms with van der Waals surface area (Å²) in [6.45, 7) is 2.17. The average Bonchev–Trinajstić information content (AvgIpc) is 2.75. The Kier molecular flexibility index (Phi) is 4.77. The Morgan fingerprint density at radius 2 is 2.05 bits per heavy atom. The highest BCUT2D eigenvalue weighted by atomic mass is 32.2. The molecular weight excluding hydrogens is 258 g/mol. The molecule has 3 nitrogen and oxygen atoms in total. The molecule has 0 saturated carbocycles. The van der Waals surface area contributed by atoms with Crippen molar-refractivity contribution in [2.24, 2.45) is 0 Å². The van der Waals surface area contributed by atoms with Gasteiger partial charge in [0.1, 0.15) is 0 Å². The number of benzene rings is 1. The summed E-state index contributed by atoms with van der Waals surface area (Å²) < 4.78 is 22.9. The van der Waals surface area contributed by atoms with Gasteiger partial charge in [-0.2, -0.15) is 0 Å². The first-order chi connectivity index (χ1) is 9.11. The van der Waals surface area contributed by atoms with E-state index in [1.165, 1.54) is 11.0 Å². The predicted octanol–water partition coefficient (Wildman–Crippen LogP) is 2.82. The van der Waals surface area contributed by atoms with Crippen molar-refractivity contribution in [1.29, 1.82) is 0 Å². The highest BCUT2D eigenvalue weighted by Gasteiger charge is 2.24. The first kappa shape index (κ1) is 14.3. The van der Waals surface area contributed by atoms with Gasteiger partial charge in [-0.15, -0.1) is 0 Å². The number of unbranched alkanes of at least 4 members (excludes halogenated alkanes) is 1. The van der Waals surface area contributed by atoms with Crippen LogP contribution in [0.5, 0.6) is 0 Å². The van der Waals surface area contributed by atoms with E-state index in [4.69, 9.17) is 0 Å². The van der Waals surface area contributed by atoms with E-state index >= 15 is 0 Å².